The van der Waals surface area contributed by atoms with Gasteiger partial charge in [-0.15, -0.1) is 0 Å². The average Bonchev–Trinajstić information content (AvgIpc) is 2.66. The zero-order valence-corrected chi connectivity index (χ0v) is 13.8. The van der Waals surface area contributed by atoms with E-state index in [4.69, 9.17) is 5.21 Å². The first-order valence-electron chi connectivity index (χ1n) is 8.21. The second-order valence-corrected chi connectivity index (χ2v) is 6.07. The van der Waals surface area contributed by atoms with Gasteiger partial charge < -0.3 is 4.90 Å². The lowest BCUT2D eigenvalue weighted by atomic mass is 9.96. The second-order valence-electron chi connectivity index (χ2n) is 6.07. The Labute approximate surface area is 146 Å². The minimum atomic E-state index is -0.572. The predicted octanol–water partition coefficient (Wildman–Crippen LogP) is 2.33. The van der Waals surface area contributed by atoms with Crippen molar-refractivity contribution in [2.24, 2.45) is 0 Å². The van der Waals surface area contributed by atoms with Crippen LogP contribution in [0.25, 0.3) is 6.08 Å². The quantitative estimate of drug-likeness (QED) is 0.511. The summed E-state index contributed by atoms with van der Waals surface area (Å²) in [4.78, 5) is 25.5. The first-order chi connectivity index (χ1) is 12.2. The van der Waals surface area contributed by atoms with Gasteiger partial charge in [0.25, 0.3) is 5.91 Å². The number of carbonyl (C=O) groups excluding carboxylic acids is 2. The Bertz CT molecular complexity index is 800. The summed E-state index contributed by atoms with van der Waals surface area (Å²) in [6.07, 6.45) is 4.14. The van der Waals surface area contributed by atoms with E-state index in [9.17, 15) is 9.59 Å². The van der Waals surface area contributed by atoms with Crippen LogP contribution in [0.3, 0.4) is 0 Å². The lowest BCUT2D eigenvalue weighted by molar-refractivity contribution is -0.131. The van der Waals surface area contributed by atoms with E-state index < -0.39 is 5.91 Å². The third-order valence-corrected chi connectivity index (χ3v) is 4.33. The SMILES string of the molecule is O=C(C=Cc1ccc2c(c1)CN(C(=O)Cc1ccccc1)CC2)NO. The molecule has 1 aliphatic rings. The molecule has 0 unspecified atom stereocenters. The van der Waals surface area contributed by atoms with Crippen molar-refractivity contribution in [3.63, 3.8) is 0 Å². The number of hydrogen-bond donors (Lipinski definition) is 2. The number of fused-ring (bicyclic) bond motifs is 1. The fraction of sp³-hybridized carbons (Fsp3) is 0.200. The molecular formula is C20H20N2O3. The Kier molecular flexibility index (Phi) is 5.26. The van der Waals surface area contributed by atoms with E-state index in [1.54, 1.807) is 11.6 Å². The predicted molar refractivity (Wildman–Crippen MR) is 94.7 cm³/mol. The van der Waals surface area contributed by atoms with Crippen molar-refractivity contribution in [2.45, 2.75) is 19.4 Å². The smallest absolute Gasteiger partial charge is 0.267 e. The van der Waals surface area contributed by atoms with Gasteiger partial charge in [-0.05, 0) is 40.8 Å². The molecular weight excluding hydrogens is 316 g/mol. The molecule has 5 heteroatoms. The topological polar surface area (TPSA) is 69.6 Å². The Morgan fingerprint density at radius 2 is 1.92 bits per heavy atom. The lowest BCUT2D eigenvalue weighted by Gasteiger charge is -2.29. The standard InChI is InChI=1S/C20H20N2O3/c23-19(21-25)9-7-16-6-8-17-10-11-22(14-18(17)12-16)20(24)13-15-4-2-1-3-5-15/h1-9,12,25H,10-11,13-14H2,(H,21,23). The molecule has 0 aliphatic carbocycles. The summed E-state index contributed by atoms with van der Waals surface area (Å²) in [5, 5.41) is 8.53. The van der Waals surface area contributed by atoms with Crippen LogP contribution in [-0.4, -0.2) is 28.5 Å². The van der Waals surface area contributed by atoms with Crippen LogP contribution in [0.5, 0.6) is 0 Å². The normalized spacial score (nSPS) is 13.6. The van der Waals surface area contributed by atoms with Crippen LogP contribution in [0.4, 0.5) is 0 Å². The number of hydrogen-bond acceptors (Lipinski definition) is 3. The largest absolute Gasteiger partial charge is 0.338 e. The van der Waals surface area contributed by atoms with Crippen LogP contribution in [0.15, 0.2) is 54.6 Å². The molecule has 0 spiro atoms. The molecule has 5 nitrogen and oxygen atoms in total. The van der Waals surface area contributed by atoms with Gasteiger partial charge in [-0.1, -0.05) is 42.5 Å². The van der Waals surface area contributed by atoms with Crippen molar-refractivity contribution in [3.8, 4) is 0 Å². The molecule has 0 fully saturated rings. The van der Waals surface area contributed by atoms with Gasteiger partial charge in [0.1, 0.15) is 0 Å². The van der Waals surface area contributed by atoms with Crippen molar-refractivity contribution in [1.29, 1.82) is 0 Å². The molecule has 0 saturated heterocycles. The van der Waals surface area contributed by atoms with E-state index in [0.29, 0.717) is 13.0 Å². The van der Waals surface area contributed by atoms with Crippen molar-refractivity contribution in [2.75, 3.05) is 6.54 Å². The van der Waals surface area contributed by atoms with Gasteiger partial charge in [-0.25, -0.2) is 5.48 Å². The van der Waals surface area contributed by atoms with Crippen LogP contribution >= 0.6 is 0 Å². The highest BCUT2D eigenvalue weighted by Gasteiger charge is 2.20. The van der Waals surface area contributed by atoms with E-state index in [0.717, 1.165) is 29.7 Å². The Morgan fingerprint density at radius 1 is 1.12 bits per heavy atom. The number of amides is 2. The highest BCUT2D eigenvalue weighted by molar-refractivity contribution is 5.90. The first kappa shape index (κ1) is 16.9. The van der Waals surface area contributed by atoms with Gasteiger partial charge in [0, 0.05) is 19.2 Å². The van der Waals surface area contributed by atoms with Crippen molar-refractivity contribution in [3.05, 3.63) is 76.9 Å². The van der Waals surface area contributed by atoms with E-state index >= 15 is 0 Å². The van der Waals surface area contributed by atoms with E-state index in [1.165, 1.54) is 11.6 Å². The average molecular weight is 336 g/mol. The molecule has 3 rings (SSSR count). The van der Waals surface area contributed by atoms with Gasteiger partial charge in [-0.2, -0.15) is 0 Å². The number of benzene rings is 2. The molecule has 1 aliphatic heterocycles. The summed E-state index contributed by atoms with van der Waals surface area (Å²) in [6, 6.07) is 15.7. The molecule has 0 aromatic heterocycles. The maximum absolute atomic E-state index is 12.5. The van der Waals surface area contributed by atoms with Crippen LogP contribution < -0.4 is 5.48 Å². The third-order valence-electron chi connectivity index (χ3n) is 4.33. The van der Waals surface area contributed by atoms with Crippen LogP contribution in [0, 0.1) is 0 Å². The minimum absolute atomic E-state index is 0.123. The van der Waals surface area contributed by atoms with Crippen LogP contribution in [0.2, 0.25) is 0 Å². The second kappa shape index (κ2) is 7.77. The van der Waals surface area contributed by atoms with Crippen LogP contribution in [0.1, 0.15) is 22.3 Å². The fourth-order valence-electron chi connectivity index (χ4n) is 2.99. The molecule has 1 heterocycles. The van der Waals surface area contributed by atoms with Crippen LogP contribution in [-0.2, 0) is 29.0 Å². The number of carbonyl (C=O) groups is 2. The maximum Gasteiger partial charge on any atom is 0.267 e. The summed E-state index contributed by atoms with van der Waals surface area (Å²) in [5.41, 5.74) is 5.77. The lowest BCUT2D eigenvalue weighted by Crippen LogP contribution is -2.36. The molecule has 2 amide bonds. The van der Waals surface area contributed by atoms with Gasteiger partial charge in [0.05, 0.1) is 6.42 Å². The van der Waals surface area contributed by atoms with Gasteiger partial charge in [-0.3, -0.25) is 14.8 Å². The molecule has 0 atom stereocenters. The van der Waals surface area contributed by atoms with Gasteiger partial charge in [0.15, 0.2) is 0 Å². The highest BCUT2D eigenvalue weighted by Crippen LogP contribution is 2.22. The number of nitrogens with zero attached hydrogens (tertiary/aromatic N) is 1. The van der Waals surface area contributed by atoms with Crippen molar-refractivity contribution >= 4 is 17.9 Å². The molecule has 25 heavy (non-hydrogen) atoms. The number of nitrogens with one attached hydrogen (secondary N) is 1. The Balaban J connectivity index is 1.70. The first-order valence-corrected chi connectivity index (χ1v) is 8.21. The number of rotatable bonds is 4. The summed E-state index contributed by atoms with van der Waals surface area (Å²) in [5.74, 6) is -0.449. The zero-order chi connectivity index (χ0) is 17.6. The molecule has 0 bridgehead atoms. The van der Waals surface area contributed by atoms with Crippen molar-refractivity contribution < 1.29 is 14.8 Å². The van der Waals surface area contributed by atoms with Gasteiger partial charge in [0.2, 0.25) is 5.91 Å². The third kappa shape index (κ3) is 4.33. The Hall–Kier alpha value is -2.92. The molecule has 0 saturated carbocycles. The summed E-state index contributed by atoms with van der Waals surface area (Å²) >= 11 is 0. The summed E-state index contributed by atoms with van der Waals surface area (Å²) in [7, 11) is 0. The fourth-order valence-corrected chi connectivity index (χ4v) is 2.99. The van der Waals surface area contributed by atoms with E-state index in [1.807, 2.05) is 53.4 Å². The van der Waals surface area contributed by atoms with Crippen molar-refractivity contribution in [1.82, 2.24) is 10.4 Å². The zero-order valence-electron chi connectivity index (χ0n) is 13.8. The molecule has 2 N–H and O–H groups in total. The molecule has 128 valence electrons. The molecule has 2 aromatic rings. The van der Waals surface area contributed by atoms with E-state index in [2.05, 4.69) is 0 Å². The summed E-state index contributed by atoms with van der Waals surface area (Å²) < 4.78 is 0. The molecule has 2 aromatic carbocycles. The van der Waals surface area contributed by atoms with E-state index in [-0.39, 0.29) is 5.91 Å². The minimum Gasteiger partial charge on any atom is -0.338 e. The monoisotopic (exact) mass is 336 g/mol. The summed E-state index contributed by atoms with van der Waals surface area (Å²) in [6.45, 7) is 1.30. The Morgan fingerprint density at radius 3 is 2.68 bits per heavy atom. The highest BCUT2D eigenvalue weighted by atomic mass is 16.5. The molecule has 0 radical (unpaired) electrons. The number of hydroxylamine groups is 1. The maximum atomic E-state index is 12.5. The van der Waals surface area contributed by atoms with Gasteiger partial charge >= 0.3 is 0 Å².